The van der Waals surface area contributed by atoms with Crippen LogP contribution >= 0.6 is 11.6 Å². The lowest BCUT2D eigenvalue weighted by Crippen LogP contribution is -2.54. The molecule has 0 aliphatic carbocycles. The number of nitrogens with one attached hydrogen (secondary N) is 1. The molecule has 6 rings (SSSR count). The van der Waals surface area contributed by atoms with E-state index in [-0.39, 0.29) is 0 Å². The third kappa shape index (κ3) is 4.91. The number of anilines is 3. The van der Waals surface area contributed by atoms with Crippen molar-refractivity contribution in [3.05, 3.63) is 71.9 Å². The largest absolute Gasteiger partial charge is 0.370 e. The third-order valence-electron chi connectivity index (χ3n) is 7.46. The first-order chi connectivity index (χ1) is 17.6. The van der Waals surface area contributed by atoms with E-state index in [0.717, 1.165) is 35.6 Å². The van der Waals surface area contributed by atoms with Gasteiger partial charge in [0, 0.05) is 67.3 Å². The van der Waals surface area contributed by atoms with E-state index in [4.69, 9.17) is 16.7 Å². The first kappa shape index (κ1) is 23.3. The van der Waals surface area contributed by atoms with Crippen LogP contribution in [0.4, 0.5) is 17.3 Å². The molecule has 2 fully saturated rings. The number of piperidine rings is 1. The molecule has 2 aromatic carbocycles. The summed E-state index contributed by atoms with van der Waals surface area (Å²) in [5.41, 5.74) is 5.19. The molecular formula is C28H32ClN7. The van der Waals surface area contributed by atoms with Gasteiger partial charge in [-0.05, 0) is 68.4 Å². The van der Waals surface area contributed by atoms with Crippen LogP contribution in [0.1, 0.15) is 12.8 Å². The summed E-state index contributed by atoms with van der Waals surface area (Å²) < 4.78 is 1.90. The second kappa shape index (κ2) is 10.1. The Kier molecular flexibility index (Phi) is 6.52. The van der Waals surface area contributed by atoms with E-state index in [2.05, 4.69) is 56.3 Å². The van der Waals surface area contributed by atoms with Gasteiger partial charge in [-0.3, -0.25) is 4.90 Å². The average Bonchev–Trinajstić information content (AvgIpc) is 3.33. The third-order valence-corrected chi connectivity index (χ3v) is 7.69. The van der Waals surface area contributed by atoms with Crippen molar-refractivity contribution < 1.29 is 0 Å². The monoisotopic (exact) mass is 501 g/mol. The lowest BCUT2D eigenvalue weighted by molar-refractivity contribution is 0.102. The van der Waals surface area contributed by atoms with E-state index < -0.39 is 0 Å². The molecule has 0 bridgehead atoms. The SMILES string of the molecule is CN1CCN(C2CCCN(c3ccc(Nc4ncc5ccc(-c6cccc(Cl)c6)n5n4)cc3)C2)CC1. The normalized spacial score (nSPS) is 19.6. The minimum Gasteiger partial charge on any atom is -0.370 e. The molecule has 2 aromatic heterocycles. The van der Waals surface area contributed by atoms with E-state index in [0.29, 0.717) is 17.0 Å². The number of fused-ring (bicyclic) bond motifs is 1. The van der Waals surface area contributed by atoms with Gasteiger partial charge in [-0.2, -0.15) is 0 Å². The topological polar surface area (TPSA) is 51.9 Å². The minimum atomic E-state index is 0.558. The van der Waals surface area contributed by atoms with Crippen LogP contribution in [-0.4, -0.2) is 76.8 Å². The Balaban J connectivity index is 1.15. The fraction of sp³-hybridized carbons (Fsp3) is 0.357. The number of rotatable bonds is 5. The van der Waals surface area contributed by atoms with Crippen molar-refractivity contribution in [2.24, 2.45) is 0 Å². The Labute approximate surface area is 217 Å². The van der Waals surface area contributed by atoms with Gasteiger partial charge in [0.05, 0.1) is 17.4 Å². The number of benzene rings is 2. The molecule has 4 aromatic rings. The van der Waals surface area contributed by atoms with Crippen molar-refractivity contribution in [3.8, 4) is 11.3 Å². The predicted octanol–water partition coefficient (Wildman–Crippen LogP) is 5.01. The van der Waals surface area contributed by atoms with Crippen LogP contribution in [0.2, 0.25) is 5.02 Å². The zero-order valence-electron chi connectivity index (χ0n) is 20.6. The van der Waals surface area contributed by atoms with Gasteiger partial charge in [0.1, 0.15) is 0 Å². The highest BCUT2D eigenvalue weighted by molar-refractivity contribution is 6.30. The summed E-state index contributed by atoms with van der Waals surface area (Å²) in [6, 6.07) is 21.2. The highest BCUT2D eigenvalue weighted by atomic mass is 35.5. The number of aromatic nitrogens is 3. The summed E-state index contributed by atoms with van der Waals surface area (Å²) >= 11 is 6.21. The standard InChI is InChI=1S/C28H32ClN7/c1-33-14-16-34(17-15-33)26-6-3-13-35(20-26)24-9-7-23(8-10-24)31-28-30-19-25-11-12-27(36(25)32-28)21-4-2-5-22(29)18-21/h2,4-5,7-12,18-19,26H,3,6,13-17,20H2,1H3,(H,31,32). The zero-order chi connectivity index (χ0) is 24.5. The molecule has 1 N–H and O–H groups in total. The maximum atomic E-state index is 6.21. The van der Waals surface area contributed by atoms with E-state index in [1.165, 1.54) is 44.7 Å². The Morgan fingerprint density at radius 3 is 2.58 bits per heavy atom. The summed E-state index contributed by atoms with van der Waals surface area (Å²) in [6.45, 7) is 6.95. The average molecular weight is 502 g/mol. The van der Waals surface area contributed by atoms with Crippen molar-refractivity contribution in [2.45, 2.75) is 18.9 Å². The Morgan fingerprint density at radius 1 is 0.944 bits per heavy atom. The second-order valence-electron chi connectivity index (χ2n) is 9.90. The van der Waals surface area contributed by atoms with E-state index >= 15 is 0 Å². The van der Waals surface area contributed by atoms with Gasteiger partial charge >= 0.3 is 0 Å². The van der Waals surface area contributed by atoms with Crippen LogP contribution < -0.4 is 10.2 Å². The fourth-order valence-electron chi connectivity index (χ4n) is 5.38. The van der Waals surface area contributed by atoms with Crippen molar-refractivity contribution in [3.63, 3.8) is 0 Å². The predicted molar refractivity (Wildman–Crippen MR) is 147 cm³/mol. The summed E-state index contributed by atoms with van der Waals surface area (Å²) in [5, 5.41) is 8.82. The number of nitrogens with zero attached hydrogens (tertiary/aromatic N) is 6. The van der Waals surface area contributed by atoms with E-state index in [1.807, 2.05) is 47.1 Å². The molecule has 0 saturated carbocycles. The molecule has 186 valence electrons. The number of hydrogen-bond acceptors (Lipinski definition) is 6. The first-order valence-corrected chi connectivity index (χ1v) is 13.2. The second-order valence-corrected chi connectivity index (χ2v) is 10.3. The molecular weight excluding hydrogens is 470 g/mol. The highest BCUT2D eigenvalue weighted by Crippen LogP contribution is 2.27. The summed E-state index contributed by atoms with van der Waals surface area (Å²) in [5.74, 6) is 0.558. The summed E-state index contributed by atoms with van der Waals surface area (Å²) in [6.07, 6.45) is 4.39. The van der Waals surface area contributed by atoms with Crippen LogP contribution in [0.15, 0.2) is 66.9 Å². The Morgan fingerprint density at radius 2 is 1.78 bits per heavy atom. The maximum Gasteiger partial charge on any atom is 0.245 e. The Hall–Kier alpha value is -3.13. The number of hydrogen-bond donors (Lipinski definition) is 1. The van der Waals surface area contributed by atoms with Crippen LogP contribution in [0.3, 0.4) is 0 Å². The minimum absolute atomic E-state index is 0.558. The maximum absolute atomic E-state index is 6.21. The molecule has 0 amide bonds. The van der Waals surface area contributed by atoms with Crippen LogP contribution in [-0.2, 0) is 0 Å². The van der Waals surface area contributed by atoms with E-state index in [1.54, 1.807) is 0 Å². The van der Waals surface area contributed by atoms with Crippen LogP contribution in [0.25, 0.3) is 16.8 Å². The molecule has 4 heterocycles. The zero-order valence-corrected chi connectivity index (χ0v) is 21.4. The molecule has 2 aliphatic rings. The van der Waals surface area contributed by atoms with Gasteiger partial charge in [0.15, 0.2) is 0 Å². The van der Waals surface area contributed by atoms with Gasteiger partial charge in [-0.15, -0.1) is 5.10 Å². The van der Waals surface area contributed by atoms with Crippen molar-refractivity contribution >= 4 is 34.4 Å². The van der Waals surface area contributed by atoms with Crippen molar-refractivity contribution in [2.75, 3.05) is 56.5 Å². The van der Waals surface area contributed by atoms with Gasteiger partial charge in [0.2, 0.25) is 5.95 Å². The van der Waals surface area contributed by atoms with Crippen LogP contribution in [0, 0.1) is 0 Å². The smallest absolute Gasteiger partial charge is 0.245 e. The number of piperazine rings is 1. The number of likely N-dealkylation sites (N-methyl/N-ethyl adjacent to an activating group) is 1. The molecule has 0 spiro atoms. The summed E-state index contributed by atoms with van der Waals surface area (Å²) in [7, 11) is 2.22. The van der Waals surface area contributed by atoms with Crippen LogP contribution in [0.5, 0.6) is 0 Å². The fourth-order valence-corrected chi connectivity index (χ4v) is 5.57. The molecule has 2 saturated heterocycles. The quantitative estimate of drug-likeness (QED) is 0.415. The van der Waals surface area contributed by atoms with E-state index in [9.17, 15) is 0 Å². The van der Waals surface area contributed by atoms with Crippen molar-refractivity contribution in [1.82, 2.24) is 24.4 Å². The first-order valence-electron chi connectivity index (χ1n) is 12.8. The van der Waals surface area contributed by atoms with Crippen molar-refractivity contribution in [1.29, 1.82) is 0 Å². The number of halogens is 1. The lowest BCUT2D eigenvalue weighted by Gasteiger charge is -2.43. The molecule has 0 radical (unpaired) electrons. The molecule has 36 heavy (non-hydrogen) atoms. The lowest BCUT2D eigenvalue weighted by atomic mass is 10.0. The molecule has 1 unspecified atom stereocenters. The highest BCUT2D eigenvalue weighted by Gasteiger charge is 2.27. The van der Waals surface area contributed by atoms with Gasteiger partial charge in [-0.1, -0.05) is 23.7 Å². The molecule has 2 aliphatic heterocycles. The van der Waals surface area contributed by atoms with Gasteiger partial charge in [0.25, 0.3) is 0 Å². The molecule has 7 nitrogen and oxygen atoms in total. The summed E-state index contributed by atoms with van der Waals surface area (Å²) in [4.78, 5) is 12.2. The van der Waals surface area contributed by atoms with Gasteiger partial charge in [-0.25, -0.2) is 9.50 Å². The molecule has 1 atom stereocenters. The Bertz CT molecular complexity index is 1330. The molecule has 8 heteroatoms. The van der Waals surface area contributed by atoms with Gasteiger partial charge < -0.3 is 15.1 Å².